The van der Waals surface area contributed by atoms with Crippen molar-refractivity contribution in [2.24, 2.45) is 34.0 Å². The largest absolute Gasteiger partial charge is 0.461 e. The number of carbonyl (C=O) groups is 3. The monoisotopic (exact) mass is 704 g/mol. The average Bonchev–Trinajstić information content (AvgIpc) is 3.73. The van der Waals surface area contributed by atoms with Gasteiger partial charge >= 0.3 is 5.97 Å². The van der Waals surface area contributed by atoms with Gasteiger partial charge in [0, 0.05) is 88.5 Å². The Hall–Kier alpha value is -3.42. The van der Waals surface area contributed by atoms with Gasteiger partial charge in [-0.15, -0.1) is 6.58 Å². The molecule has 3 saturated carbocycles. The van der Waals surface area contributed by atoms with Gasteiger partial charge in [-0.1, -0.05) is 33.8 Å². The molecule has 7 rings (SSSR count). The number of nitrogens with zero attached hydrogens (tertiary/aromatic N) is 7. The van der Waals surface area contributed by atoms with Crippen LogP contribution in [-0.2, 0) is 25.7 Å². The highest BCUT2D eigenvalue weighted by Gasteiger charge is 2.68. The molecule has 5 aliphatic rings. The van der Waals surface area contributed by atoms with Crippen LogP contribution in [0.3, 0.4) is 0 Å². The summed E-state index contributed by atoms with van der Waals surface area (Å²) in [5, 5.41) is 15.2. The zero-order chi connectivity index (χ0) is 36.1. The maximum absolute atomic E-state index is 13.7. The van der Waals surface area contributed by atoms with Crippen LogP contribution in [0.1, 0.15) is 66.2 Å². The minimum atomic E-state index is -0.691. The van der Waals surface area contributed by atoms with Gasteiger partial charge in [-0.2, -0.15) is 0 Å². The van der Waals surface area contributed by atoms with Crippen LogP contribution >= 0.6 is 0 Å². The van der Waals surface area contributed by atoms with Crippen LogP contribution in [0.2, 0.25) is 0 Å². The molecule has 4 heterocycles. The van der Waals surface area contributed by atoms with Gasteiger partial charge in [-0.3, -0.25) is 19.3 Å². The molecule has 0 aromatic carbocycles. The maximum Gasteiger partial charge on any atom is 0.320 e. The van der Waals surface area contributed by atoms with Crippen LogP contribution in [0.5, 0.6) is 0 Å². The zero-order valence-corrected chi connectivity index (χ0v) is 30.9. The zero-order valence-electron chi connectivity index (χ0n) is 30.9. The first kappa shape index (κ1) is 36.0. The highest BCUT2D eigenvalue weighted by atomic mass is 16.5. The first-order chi connectivity index (χ1) is 24.4. The second-order valence-corrected chi connectivity index (χ2v) is 16.5. The van der Waals surface area contributed by atoms with Crippen molar-refractivity contribution in [3.63, 3.8) is 0 Å². The molecule has 51 heavy (non-hydrogen) atoms. The number of esters is 1. The Morgan fingerprint density at radius 3 is 2.55 bits per heavy atom. The predicted molar refractivity (Wildman–Crippen MR) is 193 cm³/mol. The fraction of sp³-hybridized carbons (Fsp3) is 0.737. The summed E-state index contributed by atoms with van der Waals surface area (Å²) in [6.07, 6.45) is 7.81. The molecule has 0 spiro atoms. The highest BCUT2D eigenvalue weighted by molar-refractivity contribution is 5.86. The average molecular weight is 705 g/mol. The van der Waals surface area contributed by atoms with Crippen LogP contribution in [0.25, 0.3) is 11.2 Å². The predicted octanol–water partition coefficient (Wildman–Crippen LogP) is 2.68. The molecule has 8 atom stereocenters. The van der Waals surface area contributed by atoms with Crippen molar-refractivity contribution in [2.45, 2.75) is 85.0 Å². The molecule has 5 fully saturated rings. The Balaban J connectivity index is 0.969. The van der Waals surface area contributed by atoms with Crippen molar-refractivity contribution in [1.82, 2.24) is 34.6 Å². The number of aromatic nitrogens is 4. The fourth-order valence-corrected chi connectivity index (χ4v) is 10.5. The third-order valence-corrected chi connectivity index (χ3v) is 14.0. The number of imidazole rings is 1. The lowest BCUT2D eigenvalue weighted by molar-refractivity contribution is -0.207. The number of rotatable bonds is 8. The second-order valence-electron chi connectivity index (χ2n) is 16.5. The summed E-state index contributed by atoms with van der Waals surface area (Å²) >= 11 is 0. The van der Waals surface area contributed by atoms with Crippen molar-refractivity contribution in [2.75, 3.05) is 63.8 Å². The minimum Gasteiger partial charge on any atom is -0.461 e. The SMILES string of the molecule is C=C[C@]1(C)C[C@@H](OC(=O)CN2CCN(C(=O)CCn3cnc4c(N5CCNCC5)ncnc43)CC2)[C@]2(C)[C@H](C)CC[C@]3(CCC(=O)[C@@H]32)[C@@H](C)[C@@H]1O. The maximum atomic E-state index is 13.7. The molecule has 1 amide bonds. The fourth-order valence-electron chi connectivity index (χ4n) is 10.5. The van der Waals surface area contributed by atoms with Gasteiger partial charge < -0.3 is 29.5 Å². The summed E-state index contributed by atoms with van der Waals surface area (Å²) in [5.41, 5.74) is -0.0159. The van der Waals surface area contributed by atoms with Crippen molar-refractivity contribution in [3.8, 4) is 0 Å². The Morgan fingerprint density at radius 2 is 1.82 bits per heavy atom. The summed E-state index contributed by atoms with van der Waals surface area (Å²) in [6.45, 7) is 18.9. The number of Topliss-reactive ketones (excluding diaryl/α,β-unsaturated/α-hetero) is 1. The number of aliphatic hydroxyl groups is 1. The third kappa shape index (κ3) is 6.16. The van der Waals surface area contributed by atoms with Crippen LogP contribution in [0.15, 0.2) is 25.3 Å². The quantitative estimate of drug-likeness (QED) is 0.309. The molecule has 278 valence electrons. The molecule has 3 aliphatic carbocycles. The molecule has 2 saturated heterocycles. The standard InChI is InChI=1S/C38H56N8O5/c1-6-36(4)21-28(37(5)25(2)7-10-38(26(3)33(36)50)11-8-27(47)32(37)38)51-30(49)22-43-17-19-44(20-18-43)29(48)9-14-46-24-42-31-34(40-23-41-35(31)46)45-15-12-39-13-16-45/h6,23-26,28,32-33,39,50H,1,7-22H2,2-5H3/t25-,26+,28-,32-,33+,36-,37+,38+/m1/s1. The lowest BCUT2D eigenvalue weighted by Gasteiger charge is -2.61. The smallest absolute Gasteiger partial charge is 0.320 e. The normalized spacial score (nSPS) is 36.0. The Bertz CT molecular complexity index is 1650. The molecular formula is C38H56N8O5. The number of amides is 1. The van der Waals surface area contributed by atoms with E-state index in [1.54, 1.807) is 12.7 Å². The summed E-state index contributed by atoms with van der Waals surface area (Å²) < 4.78 is 8.39. The minimum absolute atomic E-state index is 0.0606. The number of aryl methyl sites for hydroxylation is 1. The molecule has 2 aromatic heterocycles. The Morgan fingerprint density at radius 1 is 1.08 bits per heavy atom. The van der Waals surface area contributed by atoms with Gasteiger partial charge in [0.25, 0.3) is 0 Å². The number of aliphatic hydroxyl groups excluding tert-OH is 1. The van der Waals surface area contributed by atoms with Crippen molar-refractivity contribution < 1.29 is 24.2 Å². The molecule has 2 N–H and O–H groups in total. The molecule has 13 heteroatoms. The number of hydrogen-bond donors (Lipinski definition) is 2. The molecule has 13 nitrogen and oxygen atoms in total. The number of anilines is 1. The lowest BCUT2D eigenvalue weighted by Crippen LogP contribution is -2.63. The van der Waals surface area contributed by atoms with Crippen LogP contribution < -0.4 is 10.2 Å². The van der Waals surface area contributed by atoms with Gasteiger partial charge in [0.1, 0.15) is 18.2 Å². The molecule has 2 aliphatic heterocycles. The Labute approximate surface area is 301 Å². The van der Waals surface area contributed by atoms with Gasteiger partial charge in [0.15, 0.2) is 17.0 Å². The number of nitrogens with one attached hydrogen (secondary N) is 1. The van der Waals surface area contributed by atoms with E-state index in [1.165, 1.54) is 0 Å². The van der Waals surface area contributed by atoms with Crippen molar-refractivity contribution >= 4 is 34.6 Å². The van der Waals surface area contributed by atoms with E-state index in [9.17, 15) is 19.5 Å². The molecule has 2 bridgehead atoms. The van der Waals surface area contributed by atoms with Gasteiger partial charge in [-0.05, 0) is 42.9 Å². The van der Waals surface area contributed by atoms with E-state index in [0.29, 0.717) is 52.0 Å². The molecule has 0 radical (unpaired) electrons. The van der Waals surface area contributed by atoms with Crippen molar-refractivity contribution in [1.29, 1.82) is 0 Å². The van der Waals surface area contributed by atoms with E-state index in [4.69, 9.17) is 4.74 Å². The molecular weight excluding hydrogens is 648 g/mol. The van der Waals surface area contributed by atoms with E-state index >= 15 is 0 Å². The lowest BCUT2D eigenvalue weighted by atomic mass is 9.44. The first-order valence-corrected chi connectivity index (χ1v) is 19.1. The molecule has 2 aromatic rings. The van der Waals surface area contributed by atoms with E-state index in [1.807, 2.05) is 27.4 Å². The third-order valence-electron chi connectivity index (χ3n) is 14.0. The van der Waals surface area contributed by atoms with E-state index in [0.717, 1.165) is 62.4 Å². The number of ether oxygens (including phenoxy) is 1. The summed E-state index contributed by atoms with van der Waals surface area (Å²) in [7, 11) is 0. The van der Waals surface area contributed by atoms with E-state index in [-0.39, 0.29) is 47.4 Å². The second kappa shape index (κ2) is 13.9. The van der Waals surface area contributed by atoms with Gasteiger partial charge in [-0.25, -0.2) is 15.0 Å². The summed E-state index contributed by atoms with van der Waals surface area (Å²) in [6, 6.07) is 0. The van der Waals surface area contributed by atoms with E-state index < -0.39 is 23.0 Å². The van der Waals surface area contributed by atoms with E-state index in [2.05, 4.69) is 52.5 Å². The van der Waals surface area contributed by atoms with Gasteiger partial charge in [0.2, 0.25) is 5.91 Å². The topological polar surface area (TPSA) is 146 Å². The first-order valence-electron chi connectivity index (χ1n) is 19.1. The number of piperazine rings is 2. The van der Waals surface area contributed by atoms with Crippen molar-refractivity contribution in [3.05, 3.63) is 25.3 Å². The van der Waals surface area contributed by atoms with Crippen LogP contribution in [0, 0.1) is 34.0 Å². The number of ketones is 1. The van der Waals surface area contributed by atoms with Crippen LogP contribution in [0.4, 0.5) is 5.82 Å². The number of fused-ring (bicyclic) bond motifs is 1. The summed E-state index contributed by atoms with van der Waals surface area (Å²) in [4.78, 5) is 60.5. The Kier molecular flexibility index (Phi) is 9.77. The summed E-state index contributed by atoms with van der Waals surface area (Å²) in [5.74, 6) is 0.694. The molecule has 0 unspecified atom stereocenters. The number of hydrogen-bond acceptors (Lipinski definition) is 11. The van der Waals surface area contributed by atoms with Gasteiger partial charge in [0.05, 0.1) is 19.0 Å². The highest BCUT2D eigenvalue weighted by Crippen LogP contribution is 2.68. The van der Waals surface area contributed by atoms with Crippen LogP contribution in [-0.4, -0.2) is 123 Å². The number of carbonyl (C=O) groups excluding carboxylic acids is 3.